The molecule has 0 bridgehead atoms. The minimum absolute atomic E-state index is 0.227. The van der Waals surface area contributed by atoms with E-state index in [2.05, 4.69) is 18.4 Å². The maximum atomic E-state index is 11.9. The Hall–Kier alpha value is -0.630. The van der Waals surface area contributed by atoms with Crippen molar-refractivity contribution >= 4 is 17.1 Å². The van der Waals surface area contributed by atoms with Crippen LogP contribution in [-0.4, -0.2) is 5.78 Å². The molecule has 1 aliphatic rings. The number of rotatable bonds is 3. The third-order valence-electron chi connectivity index (χ3n) is 2.94. The molecule has 0 aromatic carbocycles. The molecular weight excluding hydrogens is 192 g/mol. The van der Waals surface area contributed by atoms with E-state index in [9.17, 15) is 4.79 Å². The Balaban J connectivity index is 2.19. The summed E-state index contributed by atoms with van der Waals surface area (Å²) in [7, 11) is 0. The molecule has 1 nitrogen and oxygen atoms in total. The zero-order chi connectivity index (χ0) is 9.97. The standard InChI is InChI=1S/C12H16OS/c1-2-4-11(13)9-5-3-6-12-10(9)7-8-14-12/h7-9H,2-6H2,1H3. The third-order valence-corrected chi connectivity index (χ3v) is 3.93. The maximum Gasteiger partial charge on any atom is 0.140 e. The van der Waals surface area contributed by atoms with Crippen molar-refractivity contribution in [2.75, 3.05) is 0 Å². The van der Waals surface area contributed by atoms with Crippen LogP contribution in [0.15, 0.2) is 11.4 Å². The van der Waals surface area contributed by atoms with Crippen molar-refractivity contribution in [2.45, 2.75) is 44.9 Å². The predicted octanol–water partition coefficient (Wildman–Crippen LogP) is 3.54. The molecule has 0 fully saturated rings. The van der Waals surface area contributed by atoms with Gasteiger partial charge in [-0.3, -0.25) is 4.79 Å². The molecule has 2 heteroatoms. The number of aryl methyl sites for hydroxylation is 1. The molecular formula is C12H16OS. The molecule has 0 saturated heterocycles. The Bertz CT molecular complexity index is 327. The van der Waals surface area contributed by atoms with Crippen molar-refractivity contribution in [3.05, 3.63) is 21.9 Å². The van der Waals surface area contributed by atoms with Crippen LogP contribution in [0.3, 0.4) is 0 Å². The van der Waals surface area contributed by atoms with Crippen LogP contribution in [0.1, 0.15) is 49.0 Å². The van der Waals surface area contributed by atoms with Crippen LogP contribution < -0.4 is 0 Å². The normalized spacial score (nSPS) is 20.5. The van der Waals surface area contributed by atoms with Crippen molar-refractivity contribution in [2.24, 2.45) is 0 Å². The second-order valence-corrected chi connectivity index (χ2v) is 4.96. The van der Waals surface area contributed by atoms with E-state index >= 15 is 0 Å². The lowest BCUT2D eigenvalue weighted by atomic mass is 9.83. The number of hydrogen-bond acceptors (Lipinski definition) is 2. The average molecular weight is 208 g/mol. The summed E-state index contributed by atoms with van der Waals surface area (Å²) in [6, 6.07) is 2.15. The van der Waals surface area contributed by atoms with Gasteiger partial charge in [-0.05, 0) is 42.7 Å². The molecule has 14 heavy (non-hydrogen) atoms. The Kier molecular flexibility index (Phi) is 3.02. The molecule has 1 heterocycles. The maximum absolute atomic E-state index is 11.9. The number of thiophene rings is 1. The van der Waals surface area contributed by atoms with Crippen molar-refractivity contribution in [1.29, 1.82) is 0 Å². The summed E-state index contributed by atoms with van der Waals surface area (Å²) in [4.78, 5) is 13.3. The lowest BCUT2D eigenvalue weighted by molar-refractivity contribution is -0.120. The van der Waals surface area contributed by atoms with Gasteiger partial charge in [0.25, 0.3) is 0 Å². The predicted molar refractivity (Wildman–Crippen MR) is 59.9 cm³/mol. The Labute approximate surface area is 89.1 Å². The minimum atomic E-state index is 0.227. The third kappa shape index (κ3) is 1.76. The van der Waals surface area contributed by atoms with Crippen LogP contribution in [0.4, 0.5) is 0 Å². The first-order valence-electron chi connectivity index (χ1n) is 5.42. The van der Waals surface area contributed by atoms with Crippen LogP contribution in [0, 0.1) is 0 Å². The highest BCUT2D eigenvalue weighted by Crippen LogP contribution is 2.36. The topological polar surface area (TPSA) is 17.1 Å². The van der Waals surface area contributed by atoms with Crippen molar-refractivity contribution in [1.82, 2.24) is 0 Å². The van der Waals surface area contributed by atoms with Gasteiger partial charge in [0, 0.05) is 17.2 Å². The molecule has 0 radical (unpaired) electrons. The molecule has 1 aromatic heterocycles. The monoisotopic (exact) mass is 208 g/mol. The number of carbonyl (C=O) groups is 1. The first-order valence-corrected chi connectivity index (χ1v) is 6.30. The van der Waals surface area contributed by atoms with E-state index in [1.165, 1.54) is 23.3 Å². The van der Waals surface area contributed by atoms with Crippen LogP contribution in [0.25, 0.3) is 0 Å². The van der Waals surface area contributed by atoms with Crippen molar-refractivity contribution in [3.8, 4) is 0 Å². The van der Waals surface area contributed by atoms with Gasteiger partial charge in [-0.2, -0.15) is 0 Å². The molecule has 1 atom stereocenters. The van der Waals surface area contributed by atoms with E-state index in [1.54, 1.807) is 0 Å². The lowest BCUT2D eigenvalue weighted by Gasteiger charge is -2.21. The van der Waals surface area contributed by atoms with Gasteiger partial charge in [0.2, 0.25) is 0 Å². The van der Waals surface area contributed by atoms with E-state index in [-0.39, 0.29) is 5.92 Å². The lowest BCUT2D eigenvalue weighted by Crippen LogP contribution is -2.16. The first kappa shape index (κ1) is 9.91. The van der Waals surface area contributed by atoms with Crippen molar-refractivity contribution in [3.63, 3.8) is 0 Å². The summed E-state index contributed by atoms with van der Waals surface area (Å²) in [5.74, 6) is 0.678. The number of Topliss-reactive ketones (excluding diaryl/α,β-unsaturated/α-hetero) is 1. The molecule has 0 saturated carbocycles. The van der Waals surface area contributed by atoms with Crippen LogP contribution in [-0.2, 0) is 11.2 Å². The number of hydrogen-bond donors (Lipinski definition) is 0. The Morgan fingerprint density at radius 2 is 2.50 bits per heavy atom. The number of carbonyl (C=O) groups excluding carboxylic acids is 1. The molecule has 0 aliphatic heterocycles. The highest BCUT2D eigenvalue weighted by molar-refractivity contribution is 7.10. The molecule has 2 rings (SSSR count). The van der Waals surface area contributed by atoms with E-state index in [0.717, 1.165) is 19.3 Å². The van der Waals surface area contributed by atoms with Crippen molar-refractivity contribution < 1.29 is 4.79 Å². The largest absolute Gasteiger partial charge is 0.299 e. The van der Waals surface area contributed by atoms with Gasteiger partial charge < -0.3 is 0 Å². The van der Waals surface area contributed by atoms with E-state index in [4.69, 9.17) is 0 Å². The quantitative estimate of drug-likeness (QED) is 0.742. The highest BCUT2D eigenvalue weighted by Gasteiger charge is 2.26. The van der Waals surface area contributed by atoms with E-state index in [1.807, 2.05) is 11.3 Å². The average Bonchev–Trinajstić information content (AvgIpc) is 2.65. The second kappa shape index (κ2) is 4.26. The van der Waals surface area contributed by atoms with Gasteiger partial charge in [0.1, 0.15) is 5.78 Å². The van der Waals surface area contributed by atoms with Gasteiger partial charge in [-0.25, -0.2) is 0 Å². The van der Waals surface area contributed by atoms with Crippen LogP contribution in [0.5, 0.6) is 0 Å². The fourth-order valence-electron chi connectivity index (χ4n) is 2.24. The summed E-state index contributed by atoms with van der Waals surface area (Å²) < 4.78 is 0. The molecule has 1 unspecified atom stereocenters. The minimum Gasteiger partial charge on any atom is -0.299 e. The molecule has 0 spiro atoms. The fourth-order valence-corrected chi connectivity index (χ4v) is 3.23. The zero-order valence-electron chi connectivity index (χ0n) is 8.58. The summed E-state index contributed by atoms with van der Waals surface area (Å²) >= 11 is 1.81. The molecule has 76 valence electrons. The second-order valence-electron chi connectivity index (χ2n) is 3.96. The number of fused-ring (bicyclic) bond motifs is 1. The van der Waals surface area contributed by atoms with E-state index < -0.39 is 0 Å². The Morgan fingerprint density at radius 3 is 3.29 bits per heavy atom. The van der Waals surface area contributed by atoms with E-state index in [0.29, 0.717) is 5.78 Å². The molecule has 1 aromatic rings. The highest BCUT2D eigenvalue weighted by atomic mass is 32.1. The van der Waals surface area contributed by atoms with Crippen LogP contribution in [0.2, 0.25) is 0 Å². The molecule has 0 amide bonds. The molecule has 1 aliphatic carbocycles. The zero-order valence-corrected chi connectivity index (χ0v) is 9.40. The number of ketones is 1. The SMILES string of the molecule is CCCC(=O)C1CCCc2sccc21. The smallest absolute Gasteiger partial charge is 0.140 e. The molecule has 0 N–H and O–H groups in total. The van der Waals surface area contributed by atoms with Crippen LogP contribution >= 0.6 is 11.3 Å². The summed E-state index contributed by atoms with van der Waals surface area (Å²) in [6.45, 7) is 2.08. The fraction of sp³-hybridized carbons (Fsp3) is 0.583. The van der Waals surface area contributed by atoms with Gasteiger partial charge in [0.15, 0.2) is 0 Å². The summed E-state index contributed by atoms with van der Waals surface area (Å²) in [6.07, 6.45) is 5.17. The van der Waals surface area contributed by atoms with Gasteiger partial charge >= 0.3 is 0 Å². The van der Waals surface area contributed by atoms with Gasteiger partial charge in [-0.1, -0.05) is 6.92 Å². The Morgan fingerprint density at radius 1 is 1.64 bits per heavy atom. The summed E-state index contributed by atoms with van der Waals surface area (Å²) in [5, 5.41) is 2.13. The van der Waals surface area contributed by atoms with Gasteiger partial charge in [0.05, 0.1) is 0 Å². The van der Waals surface area contributed by atoms with Gasteiger partial charge in [-0.15, -0.1) is 11.3 Å². The first-order chi connectivity index (χ1) is 6.83. The summed E-state index contributed by atoms with van der Waals surface area (Å²) in [5.41, 5.74) is 1.33.